The van der Waals surface area contributed by atoms with Gasteiger partial charge in [-0.1, -0.05) is 0 Å². The van der Waals surface area contributed by atoms with Crippen molar-refractivity contribution in [2.45, 2.75) is 64.2 Å². The van der Waals surface area contributed by atoms with Gasteiger partial charge >= 0.3 is 12.1 Å². The SMILES string of the molecule is COC(=O)C(NC(=O)OC(C)(C)C)[C@H]1CC[C@@H](O)CC1. The van der Waals surface area contributed by atoms with E-state index in [1.807, 2.05) is 0 Å². The average molecular weight is 287 g/mol. The van der Waals surface area contributed by atoms with E-state index in [9.17, 15) is 14.7 Å². The van der Waals surface area contributed by atoms with Crippen LogP contribution in [0.2, 0.25) is 0 Å². The monoisotopic (exact) mass is 287 g/mol. The van der Waals surface area contributed by atoms with Crippen LogP contribution in [0.1, 0.15) is 46.5 Å². The first-order valence-corrected chi connectivity index (χ1v) is 6.98. The Morgan fingerprint density at radius 1 is 1.20 bits per heavy atom. The number of hydrogen-bond donors (Lipinski definition) is 2. The van der Waals surface area contributed by atoms with Crippen molar-refractivity contribution in [3.8, 4) is 0 Å². The molecule has 0 aromatic rings. The minimum absolute atomic E-state index is 0.0293. The van der Waals surface area contributed by atoms with Gasteiger partial charge in [0.15, 0.2) is 0 Å². The molecule has 20 heavy (non-hydrogen) atoms. The fourth-order valence-electron chi connectivity index (χ4n) is 2.37. The minimum atomic E-state index is -0.720. The van der Waals surface area contributed by atoms with E-state index < -0.39 is 23.7 Å². The number of alkyl carbamates (subject to hydrolysis) is 1. The third kappa shape index (κ3) is 5.36. The summed E-state index contributed by atoms with van der Waals surface area (Å²) in [4.78, 5) is 23.6. The number of amides is 1. The zero-order valence-corrected chi connectivity index (χ0v) is 12.6. The molecule has 116 valence electrons. The summed E-state index contributed by atoms with van der Waals surface area (Å²) >= 11 is 0. The summed E-state index contributed by atoms with van der Waals surface area (Å²) in [6, 6.07) is -0.720. The Balaban J connectivity index is 2.65. The molecule has 0 spiro atoms. The highest BCUT2D eigenvalue weighted by Gasteiger charge is 2.34. The van der Waals surface area contributed by atoms with Gasteiger partial charge in [0, 0.05) is 0 Å². The number of rotatable bonds is 3. The van der Waals surface area contributed by atoms with Gasteiger partial charge in [0.05, 0.1) is 13.2 Å². The van der Waals surface area contributed by atoms with Crippen LogP contribution in [0.3, 0.4) is 0 Å². The molecule has 1 unspecified atom stereocenters. The van der Waals surface area contributed by atoms with Crippen LogP contribution < -0.4 is 5.32 Å². The fraction of sp³-hybridized carbons (Fsp3) is 0.857. The predicted molar refractivity (Wildman–Crippen MR) is 73.1 cm³/mol. The van der Waals surface area contributed by atoms with Gasteiger partial charge in [0.1, 0.15) is 11.6 Å². The lowest BCUT2D eigenvalue weighted by molar-refractivity contribution is -0.145. The average Bonchev–Trinajstić information content (AvgIpc) is 2.34. The standard InChI is InChI=1S/C14H25NO5/c1-14(2,3)20-13(18)15-11(12(17)19-4)9-5-7-10(16)8-6-9/h9-11,16H,5-8H2,1-4H3,(H,15,18)/t9-,10+,11?. The summed E-state index contributed by atoms with van der Waals surface area (Å²) in [7, 11) is 1.30. The maximum Gasteiger partial charge on any atom is 0.408 e. The van der Waals surface area contributed by atoms with Gasteiger partial charge in [-0.15, -0.1) is 0 Å². The Morgan fingerprint density at radius 2 is 1.75 bits per heavy atom. The van der Waals surface area contributed by atoms with E-state index >= 15 is 0 Å². The van der Waals surface area contributed by atoms with E-state index in [4.69, 9.17) is 9.47 Å². The summed E-state index contributed by atoms with van der Waals surface area (Å²) in [5.74, 6) is -0.504. The summed E-state index contributed by atoms with van der Waals surface area (Å²) < 4.78 is 9.92. The minimum Gasteiger partial charge on any atom is -0.467 e. The highest BCUT2D eigenvalue weighted by molar-refractivity contribution is 5.81. The first-order valence-electron chi connectivity index (χ1n) is 6.98. The molecule has 0 saturated heterocycles. The molecule has 1 aliphatic rings. The number of hydrogen-bond acceptors (Lipinski definition) is 5. The number of ether oxygens (including phenoxy) is 2. The fourth-order valence-corrected chi connectivity index (χ4v) is 2.37. The van der Waals surface area contributed by atoms with E-state index in [1.165, 1.54) is 7.11 Å². The Bertz CT molecular complexity index is 342. The van der Waals surface area contributed by atoms with Crippen molar-refractivity contribution >= 4 is 12.1 Å². The molecule has 1 saturated carbocycles. The van der Waals surface area contributed by atoms with Crippen molar-refractivity contribution in [3.05, 3.63) is 0 Å². The molecule has 1 atom stereocenters. The second-order valence-corrected chi connectivity index (χ2v) is 6.22. The van der Waals surface area contributed by atoms with Crippen molar-refractivity contribution in [2.75, 3.05) is 7.11 Å². The largest absolute Gasteiger partial charge is 0.467 e. The van der Waals surface area contributed by atoms with E-state index in [0.717, 1.165) is 0 Å². The predicted octanol–water partition coefficient (Wildman–Crippen LogP) is 1.60. The third-order valence-corrected chi connectivity index (χ3v) is 3.34. The van der Waals surface area contributed by atoms with Crippen molar-refractivity contribution in [1.29, 1.82) is 0 Å². The maximum absolute atomic E-state index is 11.8. The topological polar surface area (TPSA) is 84.9 Å². The number of methoxy groups -OCH3 is 1. The molecule has 0 heterocycles. The molecule has 0 aliphatic heterocycles. The van der Waals surface area contributed by atoms with Crippen LogP contribution in [0.4, 0.5) is 4.79 Å². The Hall–Kier alpha value is -1.30. The highest BCUT2D eigenvalue weighted by atomic mass is 16.6. The molecule has 6 nitrogen and oxygen atoms in total. The molecule has 1 fully saturated rings. The van der Waals surface area contributed by atoms with Gasteiger partial charge in [-0.25, -0.2) is 9.59 Å². The van der Waals surface area contributed by atoms with Crippen molar-refractivity contribution in [1.82, 2.24) is 5.32 Å². The highest BCUT2D eigenvalue weighted by Crippen LogP contribution is 2.27. The first-order chi connectivity index (χ1) is 9.23. The molecule has 0 aromatic heterocycles. The van der Waals surface area contributed by atoms with Crippen LogP contribution in [0.5, 0.6) is 0 Å². The van der Waals surface area contributed by atoms with Crippen molar-refractivity contribution in [3.63, 3.8) is 0 Å². The van der Waals surface area contributed by atoms with Gasteiger partial charge in [0.2, 0.25) is 0 Å². The maximum atomic E-state index is 11.8. The summed E-state index contributed by atoms with van der Waals surface area (Å²) in [6.07, 6.45) is 1.68. The summed E-state index contributed by atoms with van der Waals surface area (Å²) in [5, 5.41) is 12.1. The van der Waals surface area contributed by atoms with Gasteiger partial charge in [-0.05, 0) is 52.4 Å². The van der Waals surface area contributed by atoms with Crippen LogP contribution in [0.15, 0.2) is 0 Å². The van der Waals surface area contributed by atoms with Crippen LogP contribution in [0.25, 0.3) is 0 Å². The first kappa shape index (κ1) is 16.8. The van der Waals surface area contributed by atoms with Gasteiger partial charge in [0.25, 0.3) is 0 Å². The van der Waals surface area contributed by atoms with Crippen LogP contribution in [-0.2, 0) is 14.3 Å². The number of nitrogens with one attached hydrogen (secondary N) is 1. The number of carbonyl (C=O) groups is 2. The smallest absolute Gasteiger partial charge is 0.408 e. The molecule has 0 bridgehead atoms. The van der Waals surface area contributed by atoms with Crippen LogP contribution in [-0.4, -0.2) is 42.0 Å². The molecular weight excluding hydrogens is 262 g/mol. The lowest BCUT2D eigenvalue weighted by Crippen LogP contribution is -2.49. The quantitative estimate of drug-likeness (QED) is 0.770. The molecular formula is C14H25NO5. The van der Waals surface area contributed by atoms with Crippen molar-refractivity contribution < 1.29 is 24.2 Å². The normalized spacial score (nSPS) is 24.6. The Kier molecular flexibility index (Phi) is 5.80. The number of aliphatic hydroxyl groups is 1. The van der Waals surface area contributed by atoms with Crippen molar-refractivity contribution in [2.24, 2.45) is 5.92 Å². The lowest BCUT2D eigenvalue weighted by atomic mass is 9.82. The van der Waals surface area contributed by atoms with E-state index in [0.29, 0.717) is 25.7 Å². The Labute approximate surface area is 119 Å². The number of aliphatic hydroxyl groups excluding tert-OH is 1. The number of esters is 1. The zero-order valence-electron chi connectivity index (χ0n) is 12.6. The molecule has 0 radical (unpaired) electrons. The van der Waals surface area contributed by atoms with E-state index in [-0.39, 0.29) is 12.0 Å². The zero-order chi connectivity index (χ0) is 15.3. The molecule has 1 amide bonds. The molecule has 2 N–H and O–H groups in total. The van der Waals surface area contributed by atoms with Crippen LogP contribution in [0, 0.1) is 5.92 Å². The van der Waals surface area contributed by atoms with E-state index in [1.54, 1.807) is 20.8 Å². The second kappa shape index (κ2) is 6.92. The second-order valence-electron chi connectivity index (χ2n) is 6.22. The Morgan fingerprint density at radius 3 is 2.20 bits per heavy atom. The molecule has 6 heteroatoms. The van der Waals surface area contributed by atoms with Gasteiger partial charge in [-0.2, -0.15) is 0 Å². The summed E-state index contributed by atoms with van der Waals surface area (Å²) in [5.41, 5.74) is -0.618. The van der Waals surface area contributed by atoms with Gasteiger partial charge < -0.3 is 19.9 Å². The summed E-state index contributed by atoms with van der Waals surface area (Å²) in [6.45, 7) is 5.28. The van der Waals surface area contributed by atoms with Gasteiger partial charge in [-0.3, -0.25) is 0 Å². The molecule has 1 aliphatic carbocycles. The number of carbonyl (C=O) groups excluding carboxylic acids is 2. The molecule has 0 aromatic carbocycles. The third-order valence-electron chi connectivity index (χ3n) is 3.34. The molecule has 1 rings (SSSR count). The van der Waals surface area contributed by atoms with Crippen LogP contribution >= 0.6 is 0 Å². The lowest BCUT2D eigenvalue weighted by Gasteiger charge is -2.31. The van der Waals surface area contributed by atoms with E-state index in [2.05, 4.69) is 5.32 Å².